The first-order valence-electron chi connectivity index (χ1n) is 5.83. The predicted octanol–water partition coefficient (Wildman–Crippen LogP) is -1.12. The van der Waals surface area contributed by atoms with E-state index in [9.17, 15) is 9.90 Å². The number of β-amino-alcohol motifs (C(OH)–C–C–N with tert-alkyl or cyclic N) is 1. The highest BCUT2D eigenvalue weighted by Crippen LogP contribution is 2.14. The van der Waals surface area contributed by atoms with Gasteiger partial charge in [-0.1, -0.05) is 0 Å². The topological polar surface area (TPSA) is 88.4 Å². The number of aryl methyl sites for hydroxylation is 1. The number of ether oxygens (including phenoxy) is 1. The zero-order valence-corrected chi connectivity index (χ0v) is 10.6. The van der Waals surface area contributed by atoms with Crippen molar-refractivity contribution in [2.24, 2.45) is 7.05 Å². The Morgan fingerprint density at radius 2 is 2.56 bits per heavy atom. The van der Waals surface area contributed by atoms with Crippen LogP contribution in [-0.4, -0.2) is 53.1 Å². The molecule has 100 valence electrons. The van der Waals surface area contributed by atoms with Crippen molar-refractivity contribution in [2.75, 3.05) is 26.7 Å². The molecule has 0 radical (unpaired) electrons. The van der Waals surface area contributed by atoms with Crippen molar-refractivity contribution in [2.45, 2.75) is 12.0 Å². The van der Waals surface area contributed by atoms with E-state index in [1.807, 2.05) is 0 Å². The quantitative estimate of drug-likeness (QED) is 0.633. The van der Waals surface area contributed by atoms with Crippen LogP contribution in [0.2, 0.25) is 0 Å². The largest absolute Gasteiger partial charge is 0.481 e. The highest BCUT2D eigenvalue weighted by Gasteiger charge is 2.31. The van der Waals surface area contributed by atoms with Gasteiger partial charge in [0.2, 0.25) is 5.88 Å². The van der Waals surface area contributed by atoms with E-state index < -0.39 is 5.60 Å². The molecule has 1 aliphatic heterocycles. The summed E-state index contributed by atoms with van der Waals surface area (Å²) in [5, 5.41) is 19.8. The second-order valence-electron chi connectivity index (χ2n) is 4.53. The number of rotatable bonds is 4. The van der Waals surface area contributed by atoms with Crippen LogP contribution in [0.1, 0.15) is 16.9 Å². The van der Waals surface area contributed by atoms with E-state index in [-0.39, 0.29) is 18.1 Å². The molecule has 2 rings (SSSR count). The summed E-state index contributed by atoms with van der Waals surface area (Å²) in [6.45, 7) is 1.49. The van der Waals surface area contributed by atoms with Gasteiger partial charge in [0.05, 0.1) is 12.7 Å². The first kappa shape index (κ1) is 12.8. The third-order valence-corrected chi connectivity index (χ3v) is 3.08. The minimum absolute atomic E-state index is 0.220. The van der Waals surface area contributed by atoms with Crippen molar-refractivity contribution in [3.8, 4) is 5.88 Å². The van der Waals surface area contributed by atoms with Crippen LogP contribution in [0.5, 0.6) is 5.88 Å². The van der Waals surface area contributed by atoms with Gasteiger partial charge < -0.3 is 20.5 Å². The van der Waals surface area contributed by atoms with Gasteiger partial charge in [-0.15, -0.1) is 0 Å². The Bertz CT molecular complexity index is 437. The van der Waals surface area contributed by atoms with Gasteiger partial charge in [-0.3, -0.25) is 4.79 Å². The van der Waals surface area contributed by atoms with Crippen LogP contribution < -0.4 is 15.4 Å². The van der Waals surface area contributed by atoms with Gasteiger partial charge in [0.1, 0.15) is 0 Å². The van der Waals surface area contributed by atoms with Crippen molar-refractivity contribution in [3.05, 3.63) is 11.8 Å². The molecule has 1 unspecified atom stereocenters. The van der Waals surface area contributed by atoms with Gasteiger partial charge >= 0.3 is 0 Å². The zero-order valence-electron chi connectivity index (χ0n) is 10.6. The molecule has 3 N–H and O–H groups in total. The molecule has 1 fully saturated rings. The molecule has 1 aromatic rings. The lowest BCUT2D eigenvalue weighted by Crippen LogP contribution is -2.44. The molecule has 0 spiro atoms. The monoisotopic (exact) mass is 254 g/mol. The lowest BCUT2D eigenvalue weighted by atomic mass is 10.0. The van der Waals surface area contributed by atoms with Gasteiger partial charge in [0.15, 0.2) is 5.69 Å². The van der Waals surface area contributed by atoms with Crippen molar-refractivity contribution < 1.29 is 14.6 Å². The smallest absolute Gasteiger partial charge is 0.272 e. The molecule has 1 aliphatic rings. The molecule has 0 bridgehead atoms. The van der Waals surface area contributed by atoms with Gasteiger partial charge in [-0.2, -0.15) is 5.10 Å². The minimum Gasteiger partial charge on any atom is -0.481 e. The third kappa shape index (κ3) is 2.62. The zero-order chi connectivity index (χ0) is 13.2. The second kappa shape index (κ2) is 4.95. The maximum absolute atomic E-state index is 11.9. The fourth-order valence-corrected chi connectivity index (χ4v) is 1.97. The average molecular weight is 254 g/mol. The van der Waals surface area contributed by atoms with Crippen molar-refractivity contribution in [3.63, 3.8) is 0 Å². The summed E-state index contributed by atoms with van der Waals surface area (Å²) in [6, 6.07) is 1.56. The summed E-state index contributed by atoms with van der Waals surface area (Å²) >= 11 is 0. The Labute approximate surface area is 105 Å². The highest BCUT2D eigenvalue weighted by atomic mass is 16.5. The lowest BCUT2D eigenvalue weighted by molar-refractivity contribution is 0.0560. The standard InChI is InChI=1S/C11H18N4O3/c1-15-9(18-2)5-8(14-15)10(16)13-7-11(17)3-4-12-6-11/h5,12,17H,3-4,6-7H2,1-2H3,(H,13,16). The normalized spacial score (nSPS) is 23.1. The summed E-state index contributed by atoms with van der Waals surface area (Å²) in [5.74, 6) is 0.204. The molecule has 0 aliphatic carbocycles. The molecular formula is C11H18N4O3. The van der Waals surface area contributed by atoms with Crippen molar-refractivity contribution >= 4 is 5.91 Å². The number of hydrogen-bond acceptors (Lipinski definition) is 5. The van der Waals surface area contributed by atoms with Crippen LogP contribution in [0.15, 0.2) is 6.07 Å². The van der Waals surface area contributed by atoms with Crippen LogP contribution in [0.4, 0.5) is 0 Å². The lowest BCUT2D eigenvalue weighted by Gasteiger charge is -2.21. The van der Waals surface area contributed by atoms with Crippen LogP contribution in [0, 0.1) is 0 Å². The van der Waals surface area contributed by atoms with E-state index in [1.165, 1.54) is 11.8 Å². The molecule has 18 heavy (non-hydrogen) atoms. The van der Waals surface area contributed by atoms with E-state index in [4.69, 9.17) is 4.74 Å². The summed E-state index contributed by atoms with van der Waals surface area (Å²) < 4.78 is 6.52. The van der Waals surface area contributed by atoms with Crippen LogP contribution in [-0.2, 0) is 7.05 Å². The van der Waals surface area contributed by atoms with Gasteiger partial charge in [-0.25, -0.2) is 4.68 Å². The molecular weight excluding hydrogens is 236 g/mol. The second-order valence-corrected chi connectivity index (χ2v) is 4.53. The fourth-order valence-electron chi connectivity index (χ4n) is 1.97. The summed E-state index contributed by atoms with van der Waals surface area (Å²) in [6.07, 6.45) is 0.638. The number of aliphatic hydroxyl groups is 1. The summed E-state index contributed by atoms with van der Waals surface area (Å²) in [7, 11) is 3.22. The molecule has 7 nitrogen and oxygen atoms in total. The van der Waals surface area contributed by atoms with Crippen molar-refractivity contribution in [1.29, 1.82) is 0 Å². The Morgan fingerprint density at radius 3 is 3.11 bits per heavy atom. The van der Waals surface area contributed by atoms with Crippen LogP contribution in [0.25, 0.3) is 0 Å². The van der Waals surface area contributed by atoms with Crippen LogP contribution in [0.3, 0.4) is 0 Å². The summed E-state index contributed by atoms with van der Waals surface area (Å²) in [5.41, 5.74) is -0.571. The Hall–Kier alpha value is -1.60. The molecule has 1 aromatic heterocycles. The molecule has 0 saturated carbocycles. The molecule has 1 amide bonds. The molecule has 7 heteroatoms. The Balaban J connectivity index is 1.95. The van der Waals surface area contributed by atoms with E-state index in [1.54, 1.807) is 13.1 Å². The predicted molar refractivity (Wildman–Crippen MR) is 64.5 cm³/mol. The fraction of sp³-hybridized carbons (Fsp3) is 0.636. The molecule has 1 atom stereocenters. The maximum Gasteiger partial charge on any atom is 0.272 e. The Kier molecular flexibility index (Phi) is 3.53. The van der Waals surface area contributed by atoms with E-state index >= 15 is 0 Å². The molecule has 2 heterocycles. The SMILES string of the molecule is COc1cc(C(=O)NCC2(O)CCNC2)nn1C. The number of aromatic nitrogens is 2. The number of carbonyl (C=O) groups excluding carboxylic acids is 1. The third-order valence-electron chi connectivity index (χ3n) is 3.08. The van der Waals surface area contributed by atoms with Crippen LogP contribution >= 0.6 is 0 Å². The number of methoxy groups -OCH3 is 1. The van der Waals surface area contributed by atoms with Crippen molar-refractivity contribution in [1.82, 2.24) is 20.4 Å². The molecule has 1 saturated heterocycles. The van der Waals surface area contributed by atoms with E-state index in [0.717, 1.165) is 6.54 Å². The number of amides is 1. The van der Waals surface area contributed by atoms with Gasteiger partial charge in [0, 0.05) is 26.2 Å². The Morgan fingerprint density at radius 1 is 1.78 bits per heavy atom. The number of carbonyl (C=O) groups is 1. The van der Waals surface area contributed by atoms with E-state index in [0.29, 0.717) is 18.8 Å². The maximum atomic E-state index is 11.9. The first-order valence-corrected chi connectivity index (χ1v) is 5.83. The van der Waals surface area contributed by atoms with E-state index in [2.05, 4.69) is 15.7 Å². The molecule has 0 aromatic carbocycles. The number of nitrogens with one attached hydrogen (secondary N) is 2. The number of hydrogen-bond donors (Lipinski definition) is 3. The van der Waals surface area contributed by atoms with Gasteiger partial charge in [-0.05, 0) is 13.0 Å². The summed E-state index contributed by atoms with van der Waals surface area (Å²) in [4.78, 5) is 11.9. The van der Waals surface area contributed by atoms with Gasteiger partial charge in [0.25, 0.3) is 5.91 Å². The number of nitrogens with zero attached hydrogens (tertiary/aromatic N) is 2. The highest BCUT2D eigenvalue weighted by molar-refractivity contribution is 5.92. The minimum atomic E-state index is -0.853. The first-order chi connectivity index (χ1) is 8.54. The average Bonchev–Trinajstić information content (AvgIpc) is 2.93.